The molecule has 5 aliphatic rings. The van der Waals surface area contributed by atoms with Crippen molar-refractivity contribution in [1.29, 1.82) is 5.26 Å². The fourth-order valence-electron chi connectivity index (χ4n) is 11.4. The van der Waals surface area contributed by atoms with Crippen molar-refractivity contribution in [1.82, 2.24) is 25.4 Å². The van der Waals surface area contributed by atoms with Crippen LogP contribution >= 0.6 is 0 Å². The van der Waals surface area contributed by atoms with E-state index in [0.717, 1.165) is 69.7 Å². The molecule has 0 bridgehead atoms. The number of halogens is 3. The van der Waals surface area contributed by atoms with Gasteiger partial charge in [-0.3, -0.25) is 29.3 Å². The number of amides is 5. The molecule has 2 atom stereocenters. The molecule has 1 unspecified atom stereocenters. The zero-order valence-corrected chi connectivity index (χ0v) is 41.0. The third-order valence-electron chi connectivity index (χ3n) is 15.7. The van der Waals surface area contributed by atoms with Crippen LogP contribution in [0, 0.1) is 23.2 Å². The standard InChI is InChI=1S/C56H59F3N8O7/c57-56(58,59)55(74-49-7-2-1-5-42(49)48-31-43-38(33-60)4-3-6-46(43)62-48)20-27-67(28-21-55)54(72)45-32-51(69)63-47-14-12-40(30-44(45)47)73-29-22-61-52(70)37-18-23-65(24-19-37)34-35-16-25-66(26-17-35)39-10-8-36(9-11-39)41-13-15-50(68)64-53(41)71/h1-12,14,30-31,35,37,41,45,62H,13,15-29,32,34H2,(H,61,70)(H,63,69)(H,64,68,71)/t41?,45-/m0/s1. The molecule has 4 aromatic carbocycles. The van der Waals surface area contributed by atoms with Gasteiger partial charge in [-0.2, -0.15) is 18.4 Å². The molecule has 4 N–H and O–H groups in total. The third-order valence-corrected chi connectivity index (χ3v) is 15.7. The van der Waals surface area contributed by atoms with Crippen molar-refractivity contribution in [3.05, 3.63) is 108 Å². The molecular formula is C56H59F3N8O7. The SMILES string of the molecule is N#Cc1cccc2[nH]c(-c3ccccc3OC3(C(F)(F)F)CCN(C(=O)[C@H]4CC(=O)Nc5ccc(OCCNC(=O)C6CCN(CC7CCN(c8ccc(C9CCC(=O)NC9=O)cc8)CC7)CC6)cc54)CC3)cc12. The first kappa shape index (κ1) is 50.2. The number of alkyl halides is 3. The lowest BCUT2D eigenvalue weighted by Crippen LogP contribution is -2.58. The van der Waals surface area contributed by atoms with E-state index in [1.807, 2.05) is 12.1 Å². The highest BCUT2D eigenvalue weighted by Gasteiger charge is 2.59. The Bertz CT molecular complexity index is 2960. The number of likely N-dealkylation sites (tertiary alicyclic amines) is 2. The van der Waals surface area contributed by atoms with E-state index in [1.54, 1.807) is 60.7 Å². The van der Waals surface area contributed by atoms with Gasteiger partial charge in [-0.1, -0.05) is 30.3 Å². The number of carbonyl (C=O) groups is 5. The number of aromatic amines is 1. The molecule has 4 saturated heterocycles. The van der Waals surface area contributed by atoms with Crippen LogP contribution in [0.4, 0.5) is 24.5 Å². The monoisotopic (exact) mass is 1010 g/mol. The maximum absolute atomic E-state index is 15.1. The Kier molecular flexibility index (Phi) is 14.4. The largest absolute Gasteiger partial charge is 0.492 e. The van der Waals surface area contributed by atoms with E-state index in [4.69, 9.17) is 9.47 Å². The van der Waals surface area contributed by atoms with E-state index in [0.29, 0.717) is 63.5 Å². The highest BCUT2D eigenvalue weighted by atomic mass is 19.4. The van der Waals surface area contributed by atoms with Crippen LogP contribution in [0.1, 0.15) is 86.3 Å². The number of benzene rings is 4. The van der Waals surface area contributed by atoms with Crippen LogP contribution < -0.4 is 30.3 Å². The summed E-state index contributed by atoms with van der Waals surface area (Å²) in [5, 5.41) is 18.5. The highest BCUT2D eigenvalue weighted by Crippen LogP contribution is 2.46. The number of H-pyrrole nitrogens is 1. The van der Waals surface area contributed by atoms with E-state index in [9.17, 15) is 29.2 Å². The Balaban J connectivity index is 0.678. The maximum Gasteiger partial charge on any atom is 0.428 e. The van der Waals surface area contributed by atoms with E-state index in [-0.39, 0.29) is 73.9 Å². The molecule has 5 amide bonds. The smallest absolute Gasteiger partial charge is 0.428 e. The Labute approximate surface area is 426 Å². The number of rotatable bonds is 13. The summed E-state index contributed by atoms with van der Waals surface area (Å²) in [6.07, 6.45) is -1.45. The first-order valence-electron chi connectivity index (χ1n) is 25.7. The summed E-state index contributed by atoms with van der Waals surface area (Å²) in [6, 6.07) is 28.6. The zero-order valence-electron chi connectivity index (χ0n) is 41.0. The molecule has 15 nitrogen and oxygen atoms in total. The molecule has 6 heterocycles. The normalized spacial score (nSPS) is 20.8. The van der Waals surface area contributed by atoms with Crippen molar-refractivity contribution in [2.45, 2.75) is 81.4 Å². The van der Waals surface area contributed by atoms with Crippen LogP contribution in [0.2, 0.25) is 0 Å². The van der Waals surface area contributed by atoms with Crippen molar-refractivity contribution in [2.24, 2.45) is 11.8 Å². The number of hydrogen-bond acceptors (Lipinski definition) is 10. The van der Waals surface area contributed by atoms with Gasteiger partial charge in [0.25, 0.3) is 0 Å². The predicted molar refractivity (Wildman–Crippen MR) is 270 cm³/mol. The Hall–Kier alpha value is -7.39. The molecular weight excluding hydrogens is 954 g/mol. The van der Waals surface area contributed by atoms with Crippen molar-refractivity contribution in [3.63, 3.8) is 0 Å². The molecule has 0 saturated carbocycles. The second-order valence-electron chi connectivity index (χ2n) is 20.3. The first-order chi connectivity index (χ1) is 35.7. The Morgan fingerprint density at radius 3 is 2.31 bits per heavy atom. The van der Waals surface area contributed by atoms with Crippen LogP contribution in [0.5, 0.6) is 11.5 Å². The van der Waals surface area contributed by atoms with Crippen molar-refractivity contribution in [3.8, 4) is 28.8 Å². The summed E-state index contributed by atoms with van der Waals surface area (Å²) in [6.45, 7) is 4.52. The number of hydrogen-bond donors (Lipinski definition) is 4. The molecule has 5 aliphatic heterocycles. The van der Waals surface area contributed by atoms with Crippen LogP contribution in [0.25, 0.3) is 22.2 Å². The summed E-state index contributed by atoms with van der Waals surface area (Å²) in [5.74, 6) is -1.62. The predicted octanol–water partition coefficient (Wildman–Crippen LogP) is 7.78. The number of aromatic nitrogens is 1. The second kappa shape index (κ2) is 21.2. The fraction of sp³-hybridized carbons (Fsp3) is 0.429. The van der Waals surface area contributed by atoms with Gasteiger partial charge in [0.1, 0.15) is 18.1 Å². The fourth-order valence-corrected chi connectivity index (χ4v) is 11.4. The summed E-state index contributed by atoms with van der Waals surface area (Å²) >= 11 is 0. The van der Waals surface area contributed by atoms with Gasteiger partial charge >= 0.3 is 6.18 Å². The molecule has 5 aromatic rings. The van der Waals surface area contributed by atoms with E-state index in [2.05, 4.69) is 48.9 Å². The lowest BCUT2D eigenvalue weighted by molar-refractivity contribution is -0.260. The number of carbonyl (C=O) groups excluding carboxylic acids is 5. The van der Waals surface area contributed by atoms with Gasteiger partial charge in [0, 0.05) is 92.2 Å². The quantitative estimate of drug-likeness (QED) is 0.0670. The molecule has 74 heavy (non-hydrogen) atoms. The van der Waals surface area contributed by atoms with E-state index < -0.39 is 36.4 Å². The van der Waals surface area contributed by atoms with Crippen LogP contribution in [0.3, 0.4) is 0 Å². The highest BCUT2D eigenvalue weighted by molar-refractivity contribution is 6.02. The Morgan fingerprint density at radius 1 is 0.824 bits per heavy atom. The van der Waals surface area contributed by atoms with Gasteiger partial charge in [0.15, 0.2) is 0 Å². The van der Waals surface area contributed by atoms with Crippen molar-refractivity contribution < 1.29 is 46.6 Å². The summed E-state index contributed by atoms with van der Waals surface area (Å²) in [4.78, 5) is 73.6. The summed E-state index contributed by atoms with van der Waals surface area (Å²) in [7, 11) is 0. The van der Waals surface area contributed by atoms with Crippen molar-refractivity contribution in [2.75, 3.05) is 69.2 Å². The van der Waals surface area contributed by atoms with E-state index >= 15 is 13.2 Å². The first-order valence-corrected chi connectivity index (χ1v) is 25.7. The molecule has 0 spiro atoms. The lowest BCUT2D eigenvalue weighted by Gasteiger charge is -2.43. The number of nitrogens with zero attached hydrogens (tertiary/aromatic N) is 4. The van der Waals surface area contributed by atoms with Crippen LogP contribution in [0.15, 0.2) is 91.0 Å². The number of fused-ring (bicyclic) bond motifs is 2. The van der Waals surface area contributed by atoms with Gasteiger partial charge in [0.05, 0.1) is 35.7 Å². The molecule has 4 fully saturated rings. The van der Waals surface area contributed by atoms with Gasteiger partial charge in [-0.05, 0) is 123 Å². The molecule has 1 aromatic heterocycles. The number of nitrogens with one attached hydrogen (secondary N) is 4. The minimum Gasteiger partial charge on any atom is -0.492 e. The topological polar surface area (TPSA) is 189 Å². The summed E-state index contributed by atoms with van der Waals surface area (Å²) < 4.78 is 57.4. The zero-order chi connectivity index (χ0) is 51.6. The molecule has 0 aliphatic carbocycles. The molecule has 0 radical (unpaired) electrons. The lowest BCUT2D eigenvalue weighted by atomic mass is 9.86. The van der Waals surface area contributed by atoms with Crippen LogP contribution in [-0.2, 0) is 24.0 Å². The number of para-hydroxylation sites is 1. The number of anilines is 2. The minimum absolute atomic E-state index is 0.0107. The van der Waals surface area contributed by atoms with Crippen LogP contribution in [-0.4, -0.2) is 115 Å². The average molecular weight is 1010 g/mol. The summed E-state index contributed by atoms with van der Waals surface area (Å²) in [5.41, 5.74) is 2.38. The second-order valence-corrected chi connectivity index (χ2v) is 20.3. The van der Waals surface area contributed by atoms with Gasteiger partial charge in [-0.25, -0.2) is 0 Å². The maximum atomic E-state index is 15.1. The Morgan fingerprint density at radius 2 is 1.58 bits per heavy atom. The van der Waals surface area contributed by atoms with Gasteiger partial charge in [0.2, 0.25) is 35.1 Å². The molecule has 18 heteroatoms. The van der Waals surface area contributed by atoms with E-state index in [1.165, 1.54) is 11.0 Å². The number of ether oxygens (including phenoxy) is 2. The van der Waals surface area contributed by atoms with Crippen molar-refractivity contribution >= 4 is 51.8 Å². The van der Waals surface area contributed by atoms with Gasteiger partial charge in [-0.15, -0.1) is 0 Å². The average Bonchev–Trinajstić information content (AvgIpc) is 3.85. The molecule has 10 rings (SSSR count). The molecule has 386 valence electrons. The number of piperidine rings is 4. The third kappa shape index (κ3) is 10.7. The number of nitriles is 1. The number of imide groups is 1. The minimum atomic E-state index is -4.79. The van der Waals surface area contributed by atoms with Gasteiger partial charge < -0.3 is 39.8 Å².